The van der Waals surface area contributed by atoms with E-state index in [0.29, 0.717) is 17.9 Å². The van der Waals surface area contributed by atoms with E-state index < -0.39 is 0 Å². The van der Waals surface area contributed by atoms with Gasteiger partial charge in [0.1, 0.15) is 11.6 Å². The third kappa shape index (κ3) is 3.92. The number of aryl methyl sites for hydroxylation is 1. The van der Waals surface area contributed by atoms with Gasteiger partial charge in [0.05, 0.1) is 17.7 Å². The molecule has 1 aromatic rings. The fourth-order valence-corrected chi connectivity index (χ4v) is 1.55. The van der Waals surface area contributed by atoms with Crippen LogP contribution in [-0.4, -0.2) is 28.8 Å². The minimum absolute atomic E-state index is 0.138. The molecule has 1 N–H and O–H groups in total. The first-order valence-electron chi connectivity index (χ1n) is 6.55. The van der Waals surface area contributed by atoms with E-state index in [0.717, 1.165) is 11.3 Å². The van der Waals surface area contributed by atoms with Crippen molar-refractivity contribution in [2.45, 2.75) is 40.7 Å². The van der Waals surface area contributed by atoms with Crippen LogP contribution in [0.1, 0.15) is 37.6 Å². The van der Waals surface area contributed by atoms with Crippen LogP contribution in [0, 0.1) is 31.1 Å². The molecule has 0 fully saturated rings. The van der Waals surface area contributed by atoms with Crippen molar-refractivity contribution in [2.75, 3.05) is 11.9 Å². The first-order chi connectivity index (χ1) is 9.36. The molecule has 0 radical (unpaired) electrons. The lowest BCUT2D eigenvalue weighted by atomic mass is 10.1. The summed E-state index contributed by atoms with van der Waals surface area (Å²) in [5, 5.41) is 20.1. The molecule has 6 heteroatoms. The van der Waals surface area contributed by atoms with Crippen LogP contribution in [0.3, 0.4) is 0 Å². The quantitative estimate of drug-likeness (QED) is 0.827. The third-order valence-corrected chi connectivity index (χ3v) is 2.90. The highest BCUT2D eigenvalue weighted by Gasteiger charge is 2.17. The largest absolute Gasteiger partial charge is 0.463 e. The van der Waals surface area contributed by atoms with Gasteiger partial charge in [-0.3, -0.25) is 4.79 Å². The summed E-state index contributed by atoms with van der Waals surface area (Å²) in [5.74, 6) is -0.199. The van der Waals surface area contributed by atoms with Crippen LogP contribution in [-0.2, 0) is 9.53 Å². The van der Waals surface area contributed by atoms with Crippen molar-refractivity contribution in [3.05, 3.63) is 16.8 Å². The van der Waals surface area contributed by atoms with E-state index >= 15 is 0 Å². The van der Waals surface area contributed by atoms with Gasteiger partial charge in [-0.1, -0.05) is 6.92 Å². The summed E-state index contributed by atoms with van der Waals surface area (Å²) in [5.41, 5.74) is 1.98. The van der Waals surface area contributed by atoms with Gasteiger partial charge in [-0.15, -0.1) is 5.10 Å². The monoisotopic (exact) mass is 276 g/mol. The summed E-state index contributed by atoms with van der Waals surface area (Å²) in [6.45, 7) is 9.34. The molecule has 1 rings (SSSR count). The van der Waals surface area contributed by atoms with Crippen LogP contribution in [0.5, 0.6) is 0 Å². The number of rotatable bonds is 5. The Morgan fingerprint density at radius 3 is 2.55 bits per heavy atom. The molecule has 108 valence electrons. The molecule has 0 aliphatic rings. The first-order valence-corrected chi connectivity index (χ1v) is 6.55. The maximum atomic E-state index is 11.7. The van der Waals surface area contributed by atoms with Gasteiger partial charge in [-0.05, 0) is 33.3 Å². The van der Waals surface area contributed by atoms with Gasteiger partial charge in [0, 0.05) is 6.54 Å². The minimum Gasteiger partial charge on any atom is -0.463 e. The van der Waals surface area contributed by atoms with E-state index in [1.165, 1.54) is 0 Å². The Balaban J connectivity index is 2.74. The number of hydrogen-bond donors (Lipinski definition) is 1. The lowest BCUT2D eigenvalue weighted by molar-refractivity contribution is -0.151. The first kappa shape index (κ1) is 15.9. The smallest absolute Gasteiger partial charge is 0.310 e. The molecule has 20 heavy (non-hydrogen) atoms. The van der Waals surface area contributed by atoms with Gasteiger partial charge in [-0.2, -0.15) is 10.4 Å². The van der Waals surface area contributed by atoms with E-state index in [9.17, 15) is 4.79 Å². The predicted octanol–water partition coefficient (Wildman–Crippen LogP) is 1.96. The fraction of sp³-hybridized carbons (Fsp3) is 0.571. The molecule has 1 unspecified atom stereocenters. The number of nitrogens with one attached hydrogen (secondary N) is 1. The van der Waals surface area contributed by atoms with E-state index in [4.69, 9.17) is 10.00 Å². The fourth-order valence-electron chi connectivity index (χ4n) is 1.55. The summed E-state index contributed by atoms with van der Waals surface area (Å²) in [6, 6.07) is 2.11. The Labute approximate surface area is 119 Å². The molecule has 1 aromatic heterocycles. The Morgan fingerprint density at radius 1 is 1.35 bits per heavy atom. The van der Waals surface area contributed by atoms with Gasteiger partial charge >= 0.3 is 5.97 Å². The van der Waals surface area contributed by atoms with Crippen LogP contribution in [0.15, 0.2) is 0 Å². The molecule has 0 saturated carbocycles. The number of carbonyl (C=O) groups is 1. The third-order valence-electron chi connectivity index (χ3n) is 2.90. The molecule has 0 aliphatic heterocycles. The second kappa shape index (κ2) is 6.85. The van der Waals surface area contributed by atoms with E-state index in [2.05, 4.69) is 21.6 Å². The zero-order valence-electron chi connectivity index (χ0n) is 12.5. The average molecular weight is 276 g/mol. The molecule has 0 bridgehead atoms. The molecule has 0 spiro atoms. The van der Waals surface area contributed by atoms with Crippen molar-refractivity contribution < 1.29 is 9.53 Å². The Bertz CT molecular complexity index is 535. The number of nitriles is 1. The summed E-state index contributed by atoms with van der Waals surface area (Å²) in [7, 11) is 0. The van der Waals surface area contributed by atoms with Crippen LogP contribution in [0.4, 0.5) is 5.82 Å². The highest BCUT2D eigenvalue weighted by atomic mass is 16.5. The number of hydrogen-bond acceptors (Lipinski definition) is 6. The number of aromatic nitrogens is 2. The maximum absolute atomic E-state index is 11.7. The lowest BCUT2D eigenvalue weighted by Gasteiger charge is -2.15. The van der Waals surface area contributed by atoms with Crippen molar-refractivity contribution in [2.24, 2.45) is 5.92 Å². The Morgan fingerprint density at radius 2 is 2.00 bits per heavy atom. The minimum atomic E-state index is -0.327. The lowest BCUT2D eigenvalue weighted by Crippen LogP contribution is -2.25. The van der Waals surface area contributed by atoms with Crippen LogP contribution >= 0.6 is 0 Å². The summed E-state index contributed by atoms with van der Waals surface area (Å²) in [6.07, 6.45) is -0.138. The van der Waals surface area contributed by atoms with Crippen LogP contribution in [0.25, 0.3) is 0 Å². The Kier molecular flexibility index (Phi) is 5.44. The van der Waals surface area contributed by atoms with Crippen LogP contribution < -0.4 is 5.32 Å². The van der Waals surface area contributed by atoms with E-state index in [-0.39, 0.29) is 18.0 Å². The summed E-state index contributed by atoms with van der Waals surface area (Å²) < 4.78 is 5.12. The van der Waals surface area contributed by atoms with Crippen LogP contribution in [0.2, 0.25) is 0 Å². The normalized spacial score (nSPS) is 11.8. The molecule has 1 atom stereocenters. The second-order valence-electron chi connectivity index (χ2n) is 5.01. The highest BCUT2D eigenvalue weighted by molar-refractivity contribution is 5.73. The second-order valence-corrected chi connectivity index (χ2v) is 5.01. The Hall–Kier alpha value is -2.16. The molecule has 0 saturated heterocycles. The predicted molar refractivity (Wildman–Crippen MR) is 75.1 cm³/mol. The molecular formula is C14H20N4O2. The molecule has 0 amide bonds. The average Bonchev–Trinajstić information content (AvgIpc) is 2.38. The SMILES string of the molecule is Cc1nnc(NCC(C)C(=O)OC(C)C)c(C#N)c1C. The highest BCUT2D eigenvalue weighted by Crippen LogP contribution is 2.17. The number of carbonyl (C=O) groups excluding carboxylic acids is 1. The van der Waals surface area contributed by atoms with Crippen molar-refractivity contribution in [3.63, 3.8) is 0 Å². The topological polar surface area (TPSA) is 87.9 Å². The summed E-state index contributed by atoms with van der Waals surface area (Å²) in [4.78, 5) is 11.7. The number of esters is 1. The van der Waals surface area contributed by atoms with Gasteiger partial charge in [0.2, 0.25) is 0 Å². The van der Waals surface area contributed by atoms with Gasteiger partial charge in [0.15, 0.2) is 5.82 Å². The van der Waals surface area contributed by atoms with Crippen molar-refractivity contribution in [1.82, 2.24) is 10.2 Å². The number of nitrogens with zero attached hydrogens (tertiary/aromatic N) is 3. The van der Waals surface area contributed by atoms with Gasteiger partial charge in [0.25, 0.3) is 0 Å². The number of ether oxygens (including phenoxy) is 1. The zero-order valence-corrected chi connectivity index (χ0v) is 12.5. The van der Waals surface area contributed by atoms with Gasteiger partial charge in [-0.25, -0.2) is 0 Å². The maximum Gasteiger partial charge on any atom is 0.310 e. The van der Waals surface area contributed by atoms with E-state index in [1.54, 1.807) is 27.7 Å². The molecular weight excluding hydrogens is 256 g/mol. The molecule has 6 nitrogen and oxygen atoms in total. The van der Waals surface area contributed by atoms with Crippen molar-refractivity contribution >= 4 is 11.8 Å². The number of anilines is 1. The standard InChI is InChI=1S/C14H20N4O2/c1-8(2)20-14(19)9(3)7-16-13-12(6-15)10(4)11(5)17-18-13/h8-9H,7H2,1-5H3,(H,16,18). The summed E-state index contributed by atoms with van der Waals surface area (Å²) >= 11 is 0. The molecule has 1 heterocycles. The molecule has 0 aromatic carbocycles. The zero-order chi connectivity index (χ0) is 15.3. The molecule has 0 aliphatic carbocycles. The van der Waals surface area contributed by atoms with E-state index in [1.807, 2.05) is 6.92 Å². The van der Waals surface area contributed by atoms with Crippen molar-refractivity contribution in [1.29, 1.82) is 5.26 Å². The van der Waals surface area contributed by atoms with Crippen molar-refractivity contribution in [3.8, 4) is 6.07 Å². The van der Waals surface area contributed by atoms with Gasteiger partial charge < -0.3 is 10.1 Å².